The van der Waals surface area contributed by atoms with Gasteiger partial charge >= 0.3 is 0 Å². The zero-order valence-electron chi connectivity index (χ0n) is 11.7. The highest BCUT2D eigenvalue weighted by Crippen LogP contribution is 2.22. The number of hydrogen-bond acceptors (Lipinski definition) is 4. The predicted molar refractivity (Wildman–Crippen MR) is 80.0 cm³/mol. The van der Waals surface area contributed by atoms with Crippen LogP contribution >= 0.6 is 0 Å². The van der Waals surface area contributed by atoms with Crippen molar-refractivity contribution in [3.05, 3.63) is 41.7 Å². The van der Waals surface area contributed by atoms with Gasteiger partial charge in [-0.15, -0.1) is 0 Å². The topological polar surface area (TPSA) is 49.8 Å². The maximum atomic E-state index is 4.25. The van der Waals surface area contributed by atoms with E-state index >= 15 is 0 Å². The normalized spacial score (nSPS) is 10.3. The molecule has 0 spiro atoms. The van der Waals surface area contributed by atoms with E-state index in [-0.39, 0.29) is 0 Å². The summed E-state index contributed by atoms with van der Waals surface area (Å²) in [5, 5.41) is 6.59. The molecule has 0 bridgehead atoms. The second kappa shape index (κ2) is 6.18. The Balaban J connectivity index is 2.16. The average molecular weight is 256 g/mol. The molecular formula is C15H20N4. The van der Waals surface area contributed by atoms with Crippen LogP contribution in [0.3, 0.4) is 0 Å². The van der Waals surface area contributed by atoms with Crippen LogP contribution in [0, 0.1) is 13.8 Å². The molecule has 0 aliphatic carbocycles. The van der Waals surface area contributed by atoms with Crippen LogP contribution in [0.2, 0.25) is 0 Å². The van der Waals surface area contributed by atoms with Gasteiger partial charge in [0.05, 0.1) is 0 Å². The molecule has 0 saturated carbocycles. The van der Waals surface area contributed by atoms with E-state index in [9.17, 15) is 0 Å². The molecule has 100 valence electrons. The Labute approximate surface area is 114 Å². The third-order valence-corrected chi connectivity index (χ3v) is 3.09. The molecular weight excluding hydrogens is 236 g/mol. The summed E-state index contributed by atoms with van der Waals surface area (Å²) >= 11 is 0. The Bertz CT molecular complexity index is 552. The van der Waals surface area contributed by atoms with Gasteiger partial charge in [0.2, 0.25) is 0 Å². The minimum Gasteiger partial charge on any atom is -0.370 e. The number of benzene rings is 1. The summed E-state index contributed by atoms with van der Waals surface area (Å²) in [4.78, 5) is 8.45. The van der Waals surface area contributed by atoms with E-state index in [1.165, 1.54) is 11.1 Å². The Morgan fingerprint density at radius 3 is 2.68 bits per heavy atom. The van der Waals surface area contributed by atoms with Crippen LogP contribution in [0.15, 0.2) is 30.6 Å². The number of anilines is 3. The first-order valence-corrected chi connectivity index (χ1v) is 6.60. The maximum Gasteiger partial charge on any atom is 0.135 e. The van der Waals surface area contributed by atoms with E-state index in [1.807, 2.05) is 12.1 Å². The lowest BCUT2D eigenvalue weighted by atomic mass is 10.1. The molecule has 0 radical (unpaired) electrons. The maximum absolute atomic E-state index is 4.25. The monoisotopic (exact) mass is 256 g/mol. The molecule has 1 aromatic heterocycles. The van der Waals surface area contributed by atoms with Gasteiger partial charge in [-0.1, -0.05) is 19.1 Å². The molecule has 0 aliphatic heterocycles. The molecule has 0 amide bonds. The molecule has 2 rings (SSSR count). The molecule has 0 fully saturated rings. The van der Waals surface area contributed by atoms with Crippen LogP contribution in [-0.2, 0) is 0 Å². The number of nitrogens with one attached hydrogen (secondary N) is 2. The van der Waals surface area contributed by atoms with Crippen LogP contribution < -0.4 is 10.6 Å². The summed E-state index contributed by atoms with van der Waals surface area (Å²) in [5.74, 6) is 1.66. The fraction of sp³-hybridized carbons (Fsp3) is 0.333. The molecule has 0 aliphatic rings. The van der Waals surface area contributed by atoms with Crippen LogP contribution in [0.1, 0.15) is 24.5 Å². The Morgan fingerprint density at radius 1 is 1.11 bits per heavy atom. The largest absolute Gasteiger partial charge is 0.370 e. The standard InChI is InChI=1S/C15H20N4/c1-4-8-16-14-9-15(18-10-17-14)19-13-7-5-6-11(2)12(13)3/h5-7,9-10H,4,8H2,1-3H3,(H2,16,17,18,19). The molecule has 2 aromatic rings. The first kappa shape index (κ1) is 13.3. The van der Waals surface area contributed by atoms with Crippen molar-refractivity contribution < 1.29 is 0 Å². The minimum atomic E-state index is 0.808. The molecule has 0 atom stereocenters. The van der Waals surface area contributed by atoms with E-state index < -0.39 is 0 Å². The summed E-state index contributed by atoms with van der Waals surface area (Å²) in [6.07, 6.45) is 2.65. The lowest BCUT2D eigenvalue weighted by Gasteiger charge is -2.11. The number of aromatic nitrogens is 2. The van der Waals surface area contributed by atoms with E-state index in [0.29, 0.717) is 0 Å². The second-order valence-corrected chi connectivity index (χ2v) is 4.59. The molecule has 0 unspecified atom stereocenters. The van der Waals surface area contributed by atoms with E-state index in [0.717, 1.165) is 30.3 Å². The van der Waals surface area contributed by atoms with Gasteiger partial charge in [0.1, 0.15) is 18.0 Å². The van der Waals surface area contributed by atoms with E-state index in [4.69, 9.17) is 0 Å². The Kier molecular flexibility index (Phi) is 4.34. The van der Waals surface area contributed by atoms with Crippen LogP contribution in [0.5, 0.6) is 0 Å². The van der Waals surface area contributed by atoms with Crippen molar-refractivity contribution in [1.82, 2.24) is 9.97 Å². The number of aryl methyl sites for hydroxylation is 1. The van der Waals surface area contributed by atoms with Crippen LogP contribution in [-0.4, -0.2) is 16.5 Å². The summed E-state index contributed by atoms with van der Waals surface area (Å²) in [6.45, 7) is 7.26. The van der Waals surface area contributed by atoms with Crippen molar-refractivity contribution in [1.29, 1.82) is 0 Å². The van der Waals surface area contributed by atoms with Gasteiger partial charge in [0.15, 0.2) is 0 Å². The minimum absolute atomic E-state index is 0.808. The highest BCUT2D eigenvalue weighted by atomic mass is 15.1. The average Bonchev–Trinajstić information content (AvgIpc) is 2.42. The quantitative estimate of drug-likeness (QED) is 0.857. The van der Waals surface area contributed by atoms with E-state index in [1.54, 1.807) is 6.33 Å². The number of nitrogens with zero attached hydrogens (tertiary/aromatic N) is 2. The fourth-order valence-electron chi connectivity index (χ4n) is 1.80. The third kappa shape index (κ3) is 3.44. The first-order chi connectivity index (χ1) is 9.20. The van der Waals surface area contributed by atoms with Gasteiger partial charge in [-0.3, -0.25) is 0 Å². The van der Waals surface area contributed by atoms with Crippen molar-refractivity contribution in [2.45, 2.75) is 27.2 Å². The Hall–Kier alpha value is -2.10. The summed E-state index contributed by atoms with van der Waals surface area (Å²) in [5.41, 5.74) is 3.59. The highest BCUT2D eigenvalue weighted by molar-refractivity contribution is 5.63. The second-order valence-electron chi connectivity index (χ2n) is 4.59. The van der Waals surface area contributed by atoms with Crippen molar-refractivity contribution in [3.63, 3.8) is 0 Å². The molecule has 4 nitrogen and oxygen atoms in total. The molecule has 1 aromatic carbocycles. The lowest BCUT2D eigenvalue weighted by molar-refractivity contribution is 0.965. The van der Waals surface area contributed by atoms with Gasteiger partial charge in [-0.05, 0) is 37.5 Å². The summed E-state index contributed by atoms with van der Waals surface area (Å²) in [7, 11) is 0. The van der Waals surface area contributed by atoms with Crippen LogP contribution in [0.25, 0.3) is 0 Å². The molecule has 19 heavy (non-hydrogen) atoms. The van der Waals surface area contributed by atoms with Crippen LogP contribution in [0.4, 0.5) is 17.3 Å². The molecule has 4 heteroatoms. The summed E-state index contributed by atoms with van der Waals surface area (Å²) < 4.78 is 0. The molecule has 0 saturated heterocycles. The van der Waals surface area contributed by atoms with Gasteiger partial charge in [0.25, 0.3) is 0 Å². The zero-order chi connectivity index (χ0) is 13.7. The lowest BCUT2D eigenvalue weighted by Crippen LogP contribution is -2.04. The number of hydrogen-bond donors (Lipinski definition) is 2. The van der Waals surface area contributed by atoms with Crippen molar-refractivity contribution >= 4 is 17.3 Å². The smallest absolute Gasteiger partial charge is 0.135 e. The summed E-state index contributed by atoms with van der Waals surface area (Å²) in [6, 6.07) is 8.14. The van der Waals surface area contributed by atoms with Crippen molar-refractivity contribution in [3.8, 4) is 0 Å². The van der Waals surface area contributed by atoms with E-state index in [2.05, 4.69) is 53.5 Å². The highest BCUT2D eigenvalue weighted by Gasteiger charge is 2.03. The SMILES string of the molecule is CCCNc1cc(Nc2cccc(C)c2C)ncn1. The third-order valence-electron chi connectivity index (χ3n) is 3.09. The Morgan fingerprint density at radius 2 is 1.89 bits per heavy atom. The van der Waals surface area contributed by atoms with Gasteiger partial charge in [0, 0.05) is 18.3 Å². The molecule has 1 heterocycles. The predicted octanol–water partition coefficient (Wildman–Crippen LogP) is 3.66. The van der Waals surface area contributed by atoms with Crippen molar-refractivity contribution in [2.75, 3.05) is 17.2 Å². The zero-order valence-corrected chi connectivity index (χ0v) is 11.7. The fourth-order valence-corrected chi connectivity index (χ4v) is 1.80. The van der Waals surface area contributed by atoms with Crippen molar-refractivity contribution in [2.24, 2.45) is 0 Å². The number of rotatable bonds is 5. The molecule has 2 N–H and O–H groups in total. The van der Waals surface area contributed by atoms with Gasteiger partial charge in [-0.25, -0.2) is 9.97 Å². The van der Waals surface area contributed by atoms with Gasteiger partial charge in [-0.2, -0.15) is 0 Å². The first-order valence-electron chi connectivity index (χ1n) is 6.60. The van der Waals surface area contributed by atoms with Gasteiger partial charge < -0.3 is 10.6 Å².